The molecule has 0 aliphatic carbocycles. The van der Waals surface area contributed by atoms with Crippen LogP contribution in [0.4, 0.5) is 17.1 Å². The van der Waals surface area contributed by atoms with Gasteiger partial charge < -0.3 is 4.90 Å². The fourth-order valence-corrected chi connectivity index (χ4v) is 8.18. The van der Waals surface area contributed by atoms with Crippen LogP contribution in [0.5, 0.6) is 0 Å². The van der Waals surface area contributed by atoms with E-state index in [0.717, 1.165) is 17.1 Å². The second-order valence-corrected chi connectivity index (χ2v) is 19.1. The van der Waals surface area contributed by atoms with Crippen LogP contribution in [0.25, 0.3) is 55.3 Å². The molecule has 0 aromatic heterocycles. The van der Waals surface area contributed by atoms with Crippen molar-refractivity contribution in [3.8, 4) is 44.5 Å². The summed E-state index contributed by atoms with van der Waals surface area (Å²) in [5.41, 5.74) is 17.3. The van der Waals surface area contributed by atoms with E-state index in [1.54, 1.807) is 0 Å². The number of rotatable bonds is 7. The van der Waals surface area contributed by atoms with Crippen molar-refractivity contribution >= 4 is 27.8 Å². The Morgan fingerprint density at radius 2 is 0.729 bits per heavy atom. The zero-order valence-electron chi connectivity index (χ0n) is 36.3. The van der Waals surface area contributed by atoms with E-state index in [0.29, 0.717) is 0 Å². The molecule has 8 rings (SSSR count). The van der Waals surface area contributed by atoms with Gasteiger partial charge in [-0.1, -0.05) is 214 Å². The van der Waals surface area contributed by atoms with Crippen molar-refractivity contribution in [3.63, 3.8) is 0 Å². The number of nitrogens with zero attached hydrogens (tertiary/aromatic N) is 1. The molecule has 0 N–H and O–H groups in total. The van der Waals surface area contributed by atoms with Crippen molar-refractivity contribution in [2.45, 2.75) is 78.6 Å². The quantitative estimate of drug-likeness (QED) is 0.156. The molecule has 59 heavy (non-hydrogen) atoms. The fraction of sp³-hybridized carbons (Fsp3) is 0.207. The van der Waals surface area contributed by atoms with E-state index in [4.69, 9.17) is 0 Å². The molecule has 0 saturated heterocycles. The van der Waals surface area contributed by atoms with Crippen LogP contribution in [0.2, 0.25) is 0 Å². The van der Waals surface area contributed by atoms with Crippen LogP contribution in [0, 0.1) is 0 Å². The van der Waals surface area contributed by atoms with Crippen molar-refractivity contribution in [2.75, 3.05) is 4.90 Å². The van der Waals surface area contributed by atoms with E-state index in [9.17, 15) is 0 Å². The molecule has 0 saturated carbocycles. The lowest BCUT2D eigenvalue weighted by Gasteiger charge is -2.29. The third-order valence-corrected chi connectivity index (χ3v) is 11.8. The summed E-state index contributed by atoms with van der Waals surface area (Å²) in [5, 5.41) is 2.50. The van der Waals surface area contributed by atoms with Gasteiger partial charge in [-0.15, -0.1) is 0 Å². The molecule has 0 spiro atoms. The van der Waals surface area contributed by atoms with Gasteiger partial charge in [0, 0.05) is 16.9 Å². The van der Waals surface area contributed by atoms with Gasteiger partial charge in [-0.05, 0) is 113 Å². The molecule has 0 amide bonds. The number of anilines is 3. The predicted molar refractivity (Wildman–Crippen MR) is 256 cm³/mol. The molecule has 8 aromatic rings. The second-order valence-electron chi connectivity index (χ2n) is 19.1. The first-order valence-electron chi connectivity index (χ1n) is 21.1. The van der Waals surface area contributed by atoms with Crippen LogP contribution in [0.15, 0.2) is 182 Å². The van der Waals surface area contributed by atoms with Crippen LogP contribution in [-0.4, -0.2) is 0 Å². The molecular formula is C58H57N. The molecule has 0 aliphatic rings. The third-order valence-electron chi connectivity index (χ3n) is 11.8. The highest BCUT2D eigenvalue weighted by Gasteiger charge is 2.24. The molecule has 0 fully saturated rings. The summed E-state index contributed by atoms with van der Waals surface area (Å²) >= 11 is 0. The Balaban J connectivity index is 1.29. The van der Waals surface area contributed by atoms with E-state index in [-0.39, 0.29) is 16.2 Å². The molecule has 0 bridgehead atoms. The van der Waals surface area contributed by atoms with Gasteiger partial charge in [-0.25, -0.2) is 0 Å². The zero-order valence-corrected chi connectivity index (χ0v) is 36.3. The molecule has 0 radical (unpaired) electrons. The van der Waals surface area contributed by atoms with E-state index >= 15 is 0 Å². The van der Waals surface area contributed by atoms with Crippen molar-refractivity contribution in [3.05, 3.63) is 199 Å². The standard InChI is InChI=1S/C58H57N/c1-56(2,3)46-31-35-50(36-32-46)59(49-33-29-43(30-34-49)42-27-25-41(26-28-42)40-17-11-10-12-18-40)54-24-14-13-21-52(54)53-23-16-20-44-19-15-22-51(55(44)53)45-37-47(57(4,5)6)39-48(38-45)58(7,8)9/h10-39H,1-9H3. The topological polar surface area (TPSA) is 3.24 Å². The first kappa shape index (κ1) is 39.6. The maximum atomic E-state index is 2.43. The number of benzene rings is 8. The van der Waals surface area contributed by atoms with Crippen molar-refractivity contribution in [2.24, 2.45) is 0 Å². The van der Waals surface area contributed by atoms with E-state index in [1.807, 2.05) is 0 Å². The second kappa shape index (κ2) is 15.5. The molecule has 1 heteroatoms. The molecule has 0 atom stereocenters. The molecule has 0 heterocycles. The fourth-order valence-electron chi connectivity index (χ4n) is 8.18. The normalized spacial score (nSPS) is 12.2. The van der Waals surface area contributed by atoms with Gasteiger partial charge in [0.15, 0.2) is 0 Å². The van der Waals surface area contributed by atoms with Gasteiger partial charge in [0.1, 0.15) is 0 Å². The van der Waals surface area contributed by atoms with Crippen molar-refractivity contribution in [1.29, 1.82) is 0 Å². The van der Waals surface area contributed by atoms with Gasteiger partial charge in [0.2, 0.25) is 0 Å². The molecule has 0 unspecified atom stereocenters. The molecule has 8 aromatic carbocycles. The van der Waals surface area contributed by atoms with Crippen molar-refractivity contribution in [1.82, 2.24) is 0 Å². The third kappa shape index (κ3) is 8.26. The zero-order chi connectivity index (χ0) is 41.5. The number of fused-ring (bicyclic) bond motifs is 1. The number of hydrogen-bond donors (Lipinski definition) is 0. The van der Waals surface area contributed by atoms with E-state index < -0.39 is 0 Å². The van der Waals surface area contributed by atoms with Crippen molar-refractivity contribution < 1.29 is 0 Å². The van der Waals surface area contributed by atoms with Gasteiger partial charge in [0.25, 0.3) is 0 Å². The highest BCUT2D eigenvalue weighted by Crippen LogP contribution is 2.46. The highest BCUT2D eigenvalue weighted by molar-refractivity contribution is 6.09. The number of para-hydroxylation sites is 1. The SMILES string of the molecule is CC(C)(C)c1ccc(N(c2ccc(-c3ccc(-c4ccccc4)cc3)cc2)c2ccccc2-c2cccc3cccc(-c4cc(C(C)(C)C)cc(C(C)(C)C)c4)c23)cc1. The predicted octanol–water partition coefficient (Wildman–Crippen LogP) is 16.9. The maximum Gasteiger partial charge on any atom is 0.0540 e. The Hall–Kier alpha value is -6.18. The minimum Gasteiger partial charge on any atom is -0.310 e. The summed E-state index contributed by atoms with van der Waals surface area (Å²) in [6, 6.07) is 67.5. The minimum atomic E-state index is 0.0141. The average Bonchev–Trinajstić information content (AvgIpc) is 3.23. The average molecular weight is 768 g/mol. The Morgan fingerprint density at radius 1 is 0.305 bits per heavy atom. The lowest BCUT2D eigenvalue weighted by molar-refractivity contribution is 0.569. The summed E-state index contributed by atoms with van der Waals surface area (Å²) in [6.45, 7) is 20.8. The van der Waals surface area contributed by atoms with Crippen LogP contribution >= 0.6 is 0 Å². The number of hydrogen-bond acceptors (Lipinski definition) is 1. The van der Waals surface area contributed by atoms with Crippen LogP contribution in [0.3, 0.4) is 0 Å². The van der Waals surface area contributed by atoms with E-state index in [2.05, 4.69) is 249 Å². The van der Waals surface area contributed by atoms with Gasteiger partial charge >= 0.3 is 0 Å². The molecule has 294 valence electrons. The first-order valence-corrected chi connectivity index (χ1v) is 21.1. The summed E-state index contributed by atoms with van der Waals surface area (Å²) in [5.74, 6) is 0. The van der Waals surface area contributed by atoms with Gasteiger partial charge in [-0.2, -0.15) is 0 Å². The Kier molecular flexibility index (Phi) is 10.4. The van der Waals surface area contributed by atoms with Crippen LogP contribution < -0.4 is 4.90 Å². The summed E-state index contributed by atoms with van der Waals surface area (Å²) < 4.78 is 0. The molecular weight excluding hydrogens is 711 g/mol. The lowest BCUT2D eigenvalue weighted by Crippen LogP contribution is -2.16. The van der Waals surface area contributed by atoms with Crippen LogP contribution in [-0.2, 0) is 16.2 Å². The Labute approximate surface area is 353 Å². The van der Waals surface area contributed by atoms with Gasteiger partial charge in [-0.3, -0.25) is 0 Å². The largest absolute Gasteiger partial charge is 0.310 e. The monoisotopic (exact) mass is 767 g/mol. The summed E-state index contributed by atoms with van der Waals surface area (Å²) in [6.07, 6.45) is 0. The van der Waals surface area contributed by atoms with Gasteiger partial charge in [0.05, 0.1) is 5.69 Å². The smallest absolute Gasteiger partial charge is 0.0540 e. The minimum absolute atomic E-state index is 0.0141. The van der Waals surface area contributed by atoms with E-state index in [1.165, 1.54) is 72.0 Å². The summed E-state index contributed by atoms with van der Waals surface area (Å²) in [7, 11) is 0. The lowest BCUT2D eigenvalue weighted by atomic mass is 9.78. The first-order chi connectivity index (χ1) is 28.1. The summed E-state index contributed by atoms with van der Waals surface area (Å²) in [4.78, 5) is 2.43. The van der Waals surface area contributed by atoms with Crippen LogP contribution in [0.1, 0.15) is 79.0 Å². The molecule has 1 nitrogen and oxygen atoms in total. The maximum absolute atomic E-state index is 2.43. The Morgan fingerprint density at radius 3 is 1.25 bits per heavy atom. The highest BCUT2D eigenvalue weighted by atomic mass is 15.1. The Bertz CT molecular complexity index is 2680. The molecule has 0 aliphatic heterocycles.